The summed E-state index contributed by atoms with van der Waals surface area (Å²) in [6.45, 7) is 2.87. The summed E-state index contributed by atoms with van der Waals surface area (Å²) in [4.78, 5) is 2.51. The van der Waals surface area contributed by atoms with Gasteiger partial charge in [0.15, 0.2) is 0 Å². The van der Waals surface area contributed by atoms with Gasteiger partial charge in [-0.15, -0.1) is 0 Å². The monoisotopic (exact) mass is 366 g/mol. The quantitative estimate of drug-likeness (QED) is 0.635. The van der Waals surface area contributed by atoms with Crippen LogP contribution in [-0.2, 0) is 13.1 Å². The lowest BCUT2D eigenvalue weighted by Gasteiger charge is -2.31. The number of methoxy groups -OCH3 is 1. The fourth-order valence-electron chi connectivity index (χ4n) is 3.92. The summed E-state index contributed by atoms with van der Waals surface area (Å²) in [7, 11) is 1.73. The molecule has 0 amide bonds. The van der Waals surface area contributed by atoms with E-state index in [9.17, 15) is 0 Å². The van der Waals surface area contributed by atoms with Gasteiger partial charge in [-0.3, -0.25) is 4.90 Å². The number of para-hydroxylation sites is 1. The summed E-state index contributed by atoms with van der Waals surface area (Å²) in [6.07, 6.45) is 3.28. The lowest BCUT2D eigenvalue weighted by Crippen LogP contribution is -2.29. The van der Waals surface area contributed by atoms with Gasteiger partial charge in [0.2, 0.25) is 0 Å². The number of halogens is 1. The van der Waals surface area contributed by atoms with Crippen LogP contribution < -0.4 is 4.74 Å². The molecule has 0 fully saturated rings. The van der Waals surface area contributed by atoms with E-state index in [0.29, 0.717) is 0 Å². The average Bonchev–Trinajstić information content (AvgIpc) is 3.05. The first kappa shape index (κ1) is 17.2. The van der Waals surface area contributed by atoms with Crippen LogP contribution in [0.1, 0.15) is 29.3 Å². The van der Waals surface area contributed by atoms with Crippen LogP contribution in [0.25, 0.3) is 0 Å². The SMILES string of the molecule is COc1ccccc1CN1CCCn2cccc2C1c1ccccc1Cl. The van der Waals surface area contributed by atoms with Crippen LogP contribution in [0, 0.1) is 0 Å². The summed E-state index contributed by atoms with van der Waals surface area (Å²) in [5.41, 5.74) is 3.66. The summed E-state index contributed by atoms with van der Waals surface area (Å²) >= 11 is 6.61. The molecule has 1 atom stereocenters. The molecule has 1 aliphatic heterocycles. The third kappa shape index (κ3) is 3.25. The first-order valence-electron chi connectivity index (χ1n) is 9.03. The van der Waals surface area contributed by atoms with Crippen molar-refractivity contribution in [2.75, 3.05) is 13.7 Å². The van der Waals surface area contributed by atoms with E-state index < -0.39 is 0 Å². The van der Waals surface area contributed by atoms with Crippen molar-refractivity contribution in [2.45, 2.75) is 25.6 Å². The van der Waals surface area contributed by atoms with Crippen LogP contribution >= 0.6 is 11.6 Å². The van der Waals surface area contributed by atoms with Crippen LogP contribution in [0.2, 0.25) is 5.02 Å². The lowest BCUT2D eigenvalue weighted by atomic mass is 10.0. The van der Waals surface area contributed by atoms with Gasteiger partial charge in [0.1, 0.15) is 5.75 Å². The van der Waals surface area contributed by atoms with Crippen molar-refractivity contribution in [3.63, 3.8) is 0 Å². The van der Waals surface area contributed by atoms with Gasteiger partial charge in [-0.1, -0.05) is 48.0 Å². The van der Waals surface area contributed by atoms with Gasteiger partial charge in [-0.2, -0.15) is 0 Å². The second kappa shape index (κ2) is 7.56. The Morgan fingerprint density at radius 3 is 2.65 bits per heavy atom. The fourth-order valence-corrected chi connectivity index (χ4v) is 4.15. The molecule has 2 aromatic carbocycles. The second-order valence-corrected chi connectivity index (χ2v) is 7.09. The molecular formula is C22H23ClN2O. The molecule has 3 nitrogen and oxygen atoms in total. The molecule has 26 heavy (non-hydrogen) atoms. The van der Waals surface area contributed by atoms with Crippen molar-refractivity contribution in [3.05, 3.63) is 88.7 Å². The normalized spacial score (nSPS) is 17.5. The largest absolute Gasteiger partial charge is 0.496 e. The fraction of sp³-hybridized carbons (Fsp3) is 0.273. The Bertz CT molecular complexity index is 889. The highest BCUT2D eigenvalue weighted by Gasteiger charge is 2.29. The molecule has 1 aliphatic rings. The molecule has 1 aromatic heterocycles. The molecule has 0 saturated heterocycles. The van der Waals surface area contributed by atoms with Crippen LogP contribution in [-0.4, -0.2) is 23.1 Å². The van der Waals surface area contributed by atoms with Crippen LogP contribution in [0.15, 0.2) is 66.9 Å². The van der Waals surface area contributed by atoms with Gasteiger partial charge < -0.3 is 9.30 Å². The third-order valence-electron chi connectivity index (χ3n) is 5.12. The van der Waals surface area contributed by atoms with Crippen LogP contribution in [0.5, 0.6) is 5.75 Å². The molecule has 0 bridgehead atoms. The van der Waals surface area contributed by atoms with Crippen LogP contribution in [0.3, 0.4) is 0 Å². The zero-order chi connectivity index (χ0) is 17.9. The standard InChI is InChI=1S/C22H23ClN2O/c1-26-21-12-5-2-8-17(21)16-25-15-7-14-24-13-6-11-20(24)22(25)18-9-3-4-10-19(18)23/h2-6,8-13,22H,7,14-16H2,1H3. The van der Waals surface area contributed by atoms with Crippen molar-refractivity contribution < 1.29 is 4.74 Å². The maximum Gasteiger partial charge on any atom is 0.123 e. The lowest BCUT2D eigenvalue weighted by molar-refractivity contribution is 0.217. The van der Waals surface area contributed by atoms with E-state index in [1.807, 2.05) is 24.3 Å². The van der Waals surface area contributed by atoms with E-state index in [2.05, 4.69) is 52.1 Å². The maximum atomic E-state index is 6.61. The van der Waals surface area contributed by atoms with E-state index in [1.165, 1.54) is 11.3 Å². The number of aryl methyl sites for hydroxylation is 1. The van der Waals surface area contributed by atoms with Crippen molar-refractivity contribution >= 4 is 11.6 Å². The number of benzene rings is 2. The Balaban J connectivity index is 1.78. The van der Waals surface area contributed by atoms with E-state index in [1.54, 1.807) is 7.11 Å². The second-order valence-electron chi connectivity index (χ2n) is 6.69. The third-order valence-corrected chi connectivity index (χ3v) is 5.46. The number of hydrogen-bond donors (Lipinski definition) is 0. The molecular weight excluding hydrogens is 344 g/mol. The number of hydrogen-bond acceptors (Lipinski definition) is 2. The average molecular weight is 367 g/mol. The maximum absolute atomic E-state index is 6.61. The molecule has 1 unspecified atom stereocenters. The summed E-state index contributed by atoms with van der Waals surface area (Å²) < 4.78 is 7.94. The molecule has 0 spiro atoms. The zero-order valence-electron chi connectivity index (χ0n) is 14.9. The Hall–Kier alpha value is -2.23. The van der Waals surface area contributed by atoms with E-state index in [0.717, 1.165) is 42.4 Å². The minimum Gasteiger partial charge on any atom is -0.496 e. The zero-order valence-corrected chi connectivity index (χ0v) is 15.7. The van der Waals surface area contributed by atoms with E-state index in [-0.39, 0.29) is 6.04 Å². The van der Waals surface area contributed by atoms with Crippen molar-refractivity contribution in [2.24, 2.45) is 0 Å². The molecule has 3 aromatic rings. The predicted molar refractivity (Wildman–Crippen MR) is 106 cm³/mol. The van der Waals surface area contributed by atoms with Gasteiger partial charge in [0.05, 0.1) is 13.2 Å². The van der Waals surface area contributed by atoms with E-state index >= 15 is 0 Å². The Kier molecular flexibility index (Phi) is 5.00. The predicted octanol–water partition coefficient (Wildman–Crippen LogP) is 5.15. The smallest absolute Gasteiger partial charge is 0.123 e. The summed E-state index contributed by atoms with van der Waals surface area (Å²) in [6, 6.07) is 20.9. The Morgan fingerprint density at radius 2 is 1.81 bits per heavy atom. The Labute approximate surface area is 159 Å². The molecule has 0 saturated carbocycles. The number of aromatic nitrogens is 1. The molecule has 0 aliphatic carbocycles. The molecule has 4 heteroatoms. The number of ether oxygens (including phenoxy) is 1. The summed E-state index contributed by atoms with van der Waals surface area (Å²) in [5.74, 6) is 0.935. The highest BCUT2D eigenvalue weighted by atomic mass is 35.5. The molecule has 134 valence electrons. The Morgan fingerprint density at radius 1 is 1.00 bits per heavy atom. The minimum atomic E-state index is 0.131. The van der Waals surface area contributed by atoms with Gasteiger partial charge in [0.25, 0.3) is 0 Å². The van der Waals surface area contributed by atoms with Gasteiger partial charge >= 0.3 is 0 Å². The highest BCUT2D eigenvalue weighted by Crippen LogP contribution is 2.37. The number of nitrogens with zero attached hydrogens (tertiary/aromatic N) is 2. The topological polar surface area (TPSA) is 17.4 Å². The van der Waals surface area contributed by atoms with Crippen LogP contribution in [0.4, 0.5) is 0 Å². The first-order valence-corrected chi connectivity index (χ1v) is 9.41. The molecule has 0 radical (unpaired) electrons. The molecule has 4 rings (SSSR count). The van der Waals surface area contributed by atoms with Crippen molar-refractivity contribution in [3.8, 4) is 5.75 Å². The van der Waals surface area contributed by atoms with Gasteiger partial charge in [0, 0.05) is 42.1 Å². The van der Waals surface area contributed by atoms with Crippen molar-refractivity contribution in [1.82, 2.24) is 9.47 Å². The van der Waals surface area contributed by atoms with Crippen molar-refractivity contribution in [1.29, 1.82) is 0 Å². The van der Waals surface area contributed by atoms with Gasteiger partial charge in [-0.05, 0) is 36.2 Å². The highest BCUT2D eigenvalue weighted by molar-refractivity contribution is 6.31. The van der Waals surface area contributed by atoms with Gasteiger partial charge in [-0.25, -0.2) is 0 Å². The van der Waals surface area contributed by atoms with E-state index in [4.69, 9.17) is 16.3 Å². The minimum absolute atomic E-state index is 0.131. The number of fused-ring (bicyclic) bond motifs is 1. The summed E-state index contributed by atoms with van der Waals surface area (Å²) in [5, 5.41) is 0.817. The molecule has 2 heterocycles. The number of rotatable bonds is 4. The molecule has 0 N–H and O–H groups in total. The first-order chi connectivity index (χ1) is 12.8.